The summed E-state index contributed by atoms with van der Waals surface area (Å²) in [5.74, 6) is 0.341. The first-order valence-electron chi connectivity index (χ1n) is 4.72. The molecule has 2 aromatic rings. The molecular weight excluding hydrogens is 252 g/mol. The molecule has 0 heterocycles. The second-order valence-electron chi connectivity index (χ2n) is 3.51. The van der Waals surface area contributed by atoms with Crippen LogP contribution in [-0.4, -0.2) is 5.11 Å². The minimum atomic E-state index is 0.341. The summed E-state index contributed by atoms with van der Waals surface area (Å²) in [6.07, 6.45) is 0. The largest absolute Gasteiger partial charge is 0.508 e. The molecule has 0 saturated carbocycles. The molecule has 0 radical (unpaired) electrons. The predicted octanol–water partition coefficient (Wildman–Crippen LogP) is 4.13. The standard InChI is InChI=1S/C13H11BrO/c1-9-7-11(5-6-13(9)15)10-3-2-4-12(14)8-10/h2-8,15H,1H3. The lowest BCUT2D eigenvalue weighted by Crippen LogP contribution is -1.80. The van der Waals surface area contributed by atoms with Gasteiger partial charge in [-0.2, -0.15) is 0 Å². The van der Waals surface area contributed by atoms with Gasteiger partial charge in [0.1, 0.15) is 5.75 Å². The summed E-state index contributed by atoms with van der Waals surface area (Å²) in [6.45, 7) is 1.90. The van der Waals surface area contributed by atoms with Gasteiger partial charge in [-0.3, -0.25) is 0 Å². The van der Waals surface area contributed by atoms with E-state index in [0.717, 1.165) is 21.2 Å². The van der Waals surface area contributed by atoms with Crippen LogP contribution in [0.3, 0.4) is 0 Å². The van der Waals surface area contributed by atoms with Gasteiger partial charge in [0.05, 0.1) is 0 Å². The number of aromatic hydroxyl groups is 1. The van der Waals surface area contributed by atoms with Gasteiger partial charge >= 0.3 is 0 Å². The Hall–Kier alpha value is -1.28. The molecule has 0 unspecified atom stereocenters. The number of hydrogen-bond acceptors (Lipinski definition) is 1. The summed E-state index contributed by atoms with van der Waals surface area (Å²) in [4.78, 5) is 0. The van der Waals surface area contributed by atoms with Crippen LogP contribution in [0.15, 0.2) is 46.9 Å². The summed E-state index contributed by atoms with van der Waals surface area (Å²) in [5, 5.41) is 9.44. The molecular formula is C13H11BrO. The van der Waals surface area contributed by atoms with Crippen molar-refractivity contribution in [3.8, 4) is 16.9 Å². The number of phenols is 1. The fraction of sp³-hybridized carbons (Fsp3) is 0.0769. The Bertz CT molecular complexity index is 492. The third-order valence-electron chi connectivity index (χ3n) is 2.35. The van der Waals surface area contributed by atoms with E-state index in [0.29, 0.717) is 5.75 Å². The van der Waals surface area contributed by atoms with Crippen LogP contribution in [0.25, 0.3) is 11.1 Å². The van der Waals surface area contributed by atoms with Crippen molar-refractivity contribution in [3.63, 3.8) is 0 Å². The zero-order valence-electron chi connectivity index (χ0n) is 8.37. The van der Waals surface area contributed by atoms with Crippen molar-refractivity contribution in [2.45, 2.75) is 6.92 Å². The molecule has 2 rings (SSSR count). The molecule has 0 fully saturated rings. The first kappa shape index (κ1) is 10.2. The Kier molecular flexibility index (Phi) is 2.78. The van der Waals surface area contributed by atoms with Gasteiger partial charge in [0.25, 0.3) is 0 Å². The molecule has 0 amide bonds. The zero-order chi connectivity index (χ0) is 10.8. The molecule has 0 aliphatic rings. The average molecular weight is 263 g/mol. The monoisotopic (exact) mass is 262 g/mol. The minimum absolute atomic E-state index is 0.341. The predicted molar refractivity (Wildman–Crippen MR) is 66.0 cm³/mol. The summed E-state index contributed by atoms with van der Waals surface area (Å²) in [7, 11) is 0. The molecule has 1 nitrogen and oxygen atoms in total. The highest BCUT2D eigenvalue weighted by molar-refractivity contribution is 9.10. The van der Waals surface area contributed by atoms with E-state index in [1.165, 1.54) is 0 Å². The SMILES string of the molecule is Cc1cc(-c2cccc(Br)c2)ccc1O. The van der Waals surface area contributed by atoms with Crippen LogP contribution in [0.4, 0.5) is 0 Å². The van der Waals surface area contributed by atoms with Crippen molar-refractivity contribution in [3.05, 3.63) is 52.5 Å². The summed E-state index contributed by atoms with van der Waals surface area (Å²) in [6, 6.07) is 13.7. The van der Waals surface area contributed by atoms with Crippen molar-refractivity contribution < 1.29 is 5.11 Å². The fourth-order valence-electron chi connectivity index (χ4n) is 1.50. The first-order valence-corrected chi connectivity index (χ1v) is 5.51. The zero-order valence-corrected chi connectivity index (χ0v) is 9.95. The van der Waals surface area contributed by atoms with Crippen LogP contribution in [0.2, 0.25) is 0 Å². The van der Waals surface area contributed by atoms with Crippen LogP contribution < -0.4 is 0 Å². The van der Waals surface area contributed by atoms with Gasteiger partial charge in [0.15, 0.2) is 0 Å². The number of benzene rings is 2. The Morgan fingerprint density at radius 2 is 1.73 bits per heavy atom. The Labute approximate surface area is 97.5 Å². The van der Waals surface area contributed by atoms with Crippen LogP contribution in [0.1, 0.15) is 5.56 Å². The van der Waals surface area contributed by atoms with Crippen LogP contribution in [0.5, 0.6) is 5.75 Å². The highest BCUT2D eigenvalue weighted by Crippen LogP contribution is 2.26. The molecule has 76 valence electrons. The second kappa shape index (κ2) is 4.07. The van der Waals surface area contributed by atoms with Gasteiger partial charge in [-0.15, -0.1) is 0 Å². The van der Waals surface area contributed by atoms with E-state index >= 15 is 0 Å². The topological polar surface area (TPSA) is 20.2 Å². The Balaban J connectivity index is 2.50. The second-order valence-corrected chi connectivity index (χ2v) is 4.43. The lowest BCUT2D eigenvalue weighted by Gasteiger charge is -2.05. The van der Waals surface area contributed by atoms with Gasteiger partial charge in [-0.05, 0) is 47.9 Å². The van der Waals surface area contributed by atoms with Crippen molar-refractivity contribution in [2.75, 3.05) is 0 Å². The van der Waals surface area contributed by atoms with Crippen molar-refractivity contribution in [2.24, 2.45) is 0 Å². The number of aryl methyl sites for hydroxylation is 1. The number of rotatable bonds is 1. The normalized spacial score (nSPS) is 10.3. The van der Waals surface area contributed by atoms with E-state index in [2.05, 4.69) is 28.1 Å². The van der Waals surface area contributed by atoms with Crippen LogP contribution in [-0.2, 0) is 0 Å². The maximum Gasteiger partial charge on any atom is 0.118 e. The highest BCUT2D eigenvalue weighted by Gasteiger charge is 2.01. The van der Waals surface area contributed by atoms with Gasteiger partial charge < -0.3 is 5.11 Å². The smallest absolute Gasteiger partial charge is 0.118 e. The molecule has 0 aromatic heterocycles. The first-order chi connectivity index (χ1) is 7.16. The Morgan fingerprint density at radius 1 is 1.00 bits per heavy atom. The van der Waals surface area contributed by atoms with Gasteiger partial charge in [-0.25, -0.2) is 0 Å². The summed E-state index contributed by atoms with van der Waals surface area (Å²) >= 11 is 3.44. The maximum absolute atomic E-state index is 9.44. The molecule has 0 saturated heterocycles. The van der Waals surface area contributed by atoms with Crippen molar-refractivity contribution in [1.29, 1.82) is 0 Å². The summed E-state index contributed by atoms with van der Waals surface area (Å²) < 4.78 is 1.06. The quantitative estimate of drug-likeness (QED) is 0.820. The van der Waals surface area contributed by atoms with Crippen LogP contribution >= 0.6 is 15.9 Å². The Morgan fingerprint density at radius 3 is 2.40 bits per heavy atom. The minimum Gasteiger partial charge on any atom is -0.508 e. The van der Waals surface area contributed by atoms with Crippen LogP contribution in [0, 0.1) is 6.92 Å². The number of halogens is 1. The highest BCUT2D eigenvalue weighted by atomic mass is 79.9. The summed E-state index contributed by atoms with van der Waals surface area (Å²) in [5.41, 5.74) is 3.16. The molecule has 0 atom stereocenters. The molecule has 0 spiro atoms. The molecule has 2 heteroatoms. The third-order valence-corrected chi connectivity index (χ3v) is 2.85. The van der Waals surface area contributed by atoms with E-state index in [1.54, 1.807) is 6.07 Å². The molecule has 0 bridgehead atoms. The van der Waals surface area contributed by atoms with Gasteiger partial charge in [-0.1, -0.05) is 34.1 Å². The lowest BCUT2D eigenvalue weighted by atomic mass is 10.0. The van der Waals surface area contributed by atoms with Gasteiger partial charge in [0.2, 0.25) is 0 Å². The van der Waals surface area contributed by atoms with E-state index in [4.69, 9.17) is 0 Å². The third kappa shape index (κ3) is 2.21. The molecule has 15 heavy (non-hydrogen) atoms. The maximum atomic E-state index is 9.44. The number of hydrogen-bond donors (Lipinski definition) is 1. The van der Waals surface area contributed by atoms with Gasteiger partial charge in [0, 0.05) is 4.47 Å². The van der Waals surface area contributed by atoms with Crippen molar-refractivity contribution in [1.82, 2.24) is 0 Å². The average Bonchev–Trinajstić information content (AvgIpc) is 2.22. The van der Waals surface area contributed by atoms with E-state index < -0.39 is 0 Å². The van der Waals surface area contributed by atoms with E-state index in [-0.39, 0.29) is 0 Å². The molecule has 0 aliphatic heterocycles. The van der Waals surface area contributed by atoms with E-state index in [9.17, 15) is 5.11 Å². The van der Waals surface area contributed by atoms with Crippen molar-refractivity contribution >= 4 is 15.9 Å². The fourth-order valence-corrected chi connectivity index (χ4v) is 1.90. The molecule has 1 N–H and O–H groups in total. The number of phenolic OH excluding ortho intramolecular Hbond substituents is 1. The molecule has 0 aliphatic carbocycles. The van der Waals surface area contributed by atoms with E-state index in [1.807, 2.05) is 31.2 Å². The molecule has 2 aromatic carbocycles. The lowest BCUT2D eigenvalue weighted by molar-refractivity contribution is 0.471.